The first-order valence-electron chi connectivity index (χ1n) is 8.36. The van der Waals surface area contributed by atoms with Crippen molar-refractivity contribution in [1.82, 2.24) is 9.78 Å². The van der Waals surface area contributed by atoms with Crippen LogP contribution in [0.3, 0.4) is 0 Å². The van der Waals surface area contributed by atoms with Crippen molar-refractivity contribution in [3.63, 3.8) is 0 Å². The minimum atomic E-state index is -0.187. The molecule has 2 fully saturated rings. The number of aromatic nitrogens is 2. The van der Waals surface area contributed by atoms with Crippen molar-refractivity contribution >= 4 is 17.3 Å². The van der Waals surface area contributed by atoms with Crippen molar-refractivity contribution in [2.24, 2.45) is 13.0 Å². The predicted molar refractivity (Wildman–Crippen MR) is 87.7 cm³/mol. The summed E-state index contributed by atoms with van der Waals surface area (Å²) < 4.78 is 6.66. The first-order chi connectivity index (χ1) is 11.2. The van der Waals surface area contributed by atoms with Gasteiger partial charge in [-0.3, -0.25) is 9.59 Å². The van der Waals surface area contributed by atoms with Gasteiger partial charge in [0.05, 0.1) is 25.1 Å². The van der Waals surface area contributed by atoms with E-state index in [0.717, 1.165) is 25.7 Å². The molecule has 1 amide bonds. The van der Waals surface area contributed by atoms with Crippen LogP contribution in [0.5, 0.6) is 0 Å². The Balaban J connectivity index is 1.84. The SMILES string of the molecule is Cn1ncc(NC(=O)C2CCCCC2)c(N2CCOCC2)c1=O. The van der Waals surface area contributed by atoms with Gasteiger partial charge >= 0.3 is 0 Å². The lowest BCUT2D eigenvalue weighted by Gasteiger charge is -2.30. The molecule has 1 aliphatic carbocycles. The number of morpholine rings is 1. The maximum absolute atomic E-state index is 12.5. The third-order valence-electron chi connectivity index (χ3n) is 4.67. The Hall–Kier alpha value is -1.89. The van der Waals surface area contributed by atoms with Gasteiger partial charge in [-0.05, 0) is 12.8 Å². The predicted octanol–water partition coefficient (Wildman–Crippen LogP) is 1.14. The minimum Gasteiger partial charge on any atom is -0.378 e. The summed E-state index contributed by atoms with van der Waals surface area (Å²) in [5.41, 5.74) is 0.855. The summed E-state index contributed by atoms with van der Waals surface area (Å²) in [5, 5.41) is 7.01. The highest BCUT2D eigenvalue weighted by atomic mass is 16.5. The standard InChI is InChI=1S/C16H24N4O3/c1-19-16(22)14(20-7-9-23-10-8-20)13(11-17-19)18-15(21)12-5-3-2-4-6-12/h11-12H,2-10H2,1H3,(H,18,21). The molecule has 1 aliphatic heterocycles. The third kappa shape index (κ3) is 3.55. The van der Waals surface area contributed by atoms with Crippen LogP contribution in [-0.4, -0.2) is 42.0 Å². The van der Waals surface area contributed by atoms with Crippen molar-refractivity contribution in [2.75, 3.05) is 36.5 Å². The van der Waals surface area contributed by atoms with E-state index >= 15 is 0 Å². The zero-order valence-corrected chi connectivity index (χ0v) is 13.6. The second-order valence-electron chi connectivity index (χ2n) is 6.26. The molecule has 23 heavy (non-hydrogen) atoms. The lowest BCUT2D eigenvalue weighted by Crippen LogP contribution is -2.41. The number of carbonyl (C=O) groups excluding carboxylic acids is 1. The van der Waals surface area contributed by atoms with Crippen LogP contribution in [0, 0.1) is 5.92 Å². The molecule has 2 aliphatic rings. The number of aryl methyl sites for hydroxylation is 1. The summed E-state index contributed by atoms with van der Waals surface area (Å²) in [6.07, 6.45) is 6.84. The van der Waals surface area contributed by atoms with E-state index in [-0.39, 0.29) is 17.4 Å². The summed E-state index contributed by atoms with van der Waals surface area (Å²) in [6.45, 7) is 2.46. The summed E-state index contributed by atoms with van der Waals surface area (Å²) >= 11 is 0. The molecule has 7 heteroatoms. The minimum absolute atomic E-state index is 0.00858. The molecule has 0 spiro atoms. The number of hydrogen-bond donors (Lipinski definition) is 1. The lowest BCUT2D eigenvalue weighted by atomic mass is 9.88. The molecule has 1 saturated carbocycles. The molecular weight excluding hydrogens is 296 g/mol. The summed E-state index contributed by atoms with van der Waals surface area (Å²) in [4.78, 5) is 27.0. The van der Waals surface area contributed by atoms with Gasteiger partial charge in [0.2, 0.25) is 5.91 Å². The van der Waals surface area contributed by atoms with E-state index < -0.39 is 0 Å². The molecule has 1 saturated heterocycles. The van der Waals surface area contributed by atoms with Crippen LogP contribution in [0.15, 0.2) is 11.0 Å². The van der Waals surface area contributed by atoms with Gasteiger partial charge in [-0.2, -0.15) is 5.10 Å². The first-order valence-corrected chi connectivity index (χ1v) is 8.36. The van der Waals surface area contributed by atoms with Crippen molar-refractivity contribution in [2.45, 2.75) is 32.1 Å². The second kappa shape index (κ2) is 7.12. The number of carbonyl (C=O) groups is 1. The number of hydrogen-bond acceptors (Lipinski definition) is 5. The fraction of sp³-hybridized carbons (Fsp3) is 0.688. The molecular formula is C16H24N4O3. The van der Waals surface area contributed by atoms with Crippen LogP contribution < -0.4 is 15.8 Å². The smallest absolute Gasteiger partial charge is 0.292 e. The molecule has 0 unspecified atom stereocenters. The Morgan fingerprint density at radius 2 is 1.96 bits per heavy atom. The van der Waals surface area contributed by atoms with Gasteiger partial charge in [-0.1, -0.05) is 19.3 Å². The Bertz CT molecular complexity index is 616. The average molecular weight is 320 g/mol. The van der Waals surface area contributed by atoms with Gasteiger partial charge < -0.3 is 15.0 Å². The van der Waals surface area contributed by atoms with Crippen LogP contribution in [0.2, 0.25) is 0 Å². The van der Waals surface area contributed by atoms with Gasteiger partial charge in [0.15, 0.2) is 0 Å². The van der Waals surface area contributed by atoms with E-state index in [4.69, 9.17) is 4.74 Å². The Morgan fingerprint density at radius 3 is 2.65 bits per heavy atom. The number of amides is 1. The highest BCUT2D eigenvalue weighted by Crippen LogP contribution is 2.27. The summed E-state index contributed by atoms with van der Waals surface area (Å²) in [5.74, 6) is 0.0552. The van der Waals surface area contributed by atoms with Gasteiger partial charge in [0, 0.05) is 26.1 Å². The van der Waals surface area contributed by atoms with Crippen LogP contribution in [0.25, 0.3) is 0 Å². The Kier molecular flexibility index (Phi) is 4.95. The molecule has 3 rings (SSSR count). The van der Waals surface area contributed by atoms with Crippen LogP contribution in [-0.2, 0) is 16.6 Å². The van der Waals surface area contributed by atoms with Crippen LogP contribution >= 0.6 is 0 Å². The molecule has 2 heterocycles. The molecule has 1 aromatic heterocycles. The number of nitrogens with zero attached hydrogens (tertiary/aromatic N) is 3. The summed E-state index contributed by atoms with van der Waals surface area (Å²) in [7, 11) is 1.62. The maximum atomic E-state index is 12.5. The maximum Gasteiger partial charge on any atom is 0.292 e. The van der Waals surface area contributed by atoms with E-state index in [1.165, 1.54) is 11.1 Å². The number of ether oxygens (including phenoxy) is 1. The van der Waals surface area contributed by atoms with E-state index in [1.807, 2.05) is 4.90 Å². The molecule has 1 N–H and O–H groups in total. The highest BCUT2D eigenvalue weighted by Gasteiger charge is 2.25. The second-order valence-corrected chi connectivity index (χ2v) is 6.26. The largest absolute Gasteiger partial charge is 0.378 e. The van der Waals surface area contributed by atoms with Crippen molar-refractivity contribution in [3.05, 3.63) is 16.6 Å². The molecule has 0 aromatic carbocycles. The number of rotatable bonds is 3. The third-order valence-corrected chi connectivity index (χ3v) is 4.67. The van der Waals surface area contributed by atoms with Crippen molar-refractivity contribution in [1.29, 1.82) is 0 Å². The zero-order chi connectivity index (χ0) is 16.2. The fourth-order valence-corrected chi connectivity index (χ4v) is 3.31. The Morgan fingerprint density at radius 1 is 1.26 bits per heavy atom. The van der Waals surface area contributed by atoms with Gasteiger partial charge in [0.1, 0.15) is 5.69 Å². The molecule has 126 valence electrons. The topological polar surface area (TPSA) is 76.5 Å². The Labute approximate surface area is 135 Å². The monoisotopic (exact) mass is 320 g/mol. The fourth-order valence-electron chi connectivity index (χ4n) is 3.31. The lowest BCUT2D eigenvalue weighted by molar-refractivity contribution is -0.120. The first kappa shape index (κ1) is 16.0. The average Bonchev–Trinajstić information content (AvgIpc) is 2.60. The van der Waals surface area contributed by atoms with Gasteiger partial charge in [0.25, 0.3) is 5.56 Å². The summed E-state index contributed by atoms with van der Waals surface area (Å²) in [6, 6.07) is 0. The van der Waals surface area contributed by atoms with Crippen LogP contribution in [0.4, 0.5) is 11.4 Å². The highest BCUT2D eigenvalue weighted by molar-refractivity contribution is 5.95. The molecule has 0 bridgehead atoms. The van der Waals surface area contributed by atoms with E-state index in [9.17, 15) is 9.59 Å². The van der Waals surface area contributed by atoms with Gasteiger partial charge in [-0.25, -0.2) is 4.68 Å². The van der Waals surface area contributed by atoms with Gasteiger partial charge in [-0.15, -0.1) is 0 Å². The number of nitrogens with one attached hydrogen (secondary N) is 1. The van der Waals surface area contributed by atoms with Crippen molar-refractivity contribution in [3.8, 4) is 0 Å². The zero-order valence-electron chi connectivity index (χ0n) is 13.6. The molecule has 1 aromatic rings. The quantitative estimate of drug-likeness (QED) is 0.903. The van der Waals surface area contributed by atoms with E-state index in [1.54, 1.807) is 13.2 Å². The van der Waals surface area contributed by atoms with E-state index in [2.05, 4.69) is 10.4 Å². The normalized spacial score (nSPS) is 19.6. The van der Waals surface area contributed by atoms with Crippen molar-refractivity contribution < 1.29 is 9.53 Å². The number of anilines is 2. The van der Waals surface area contributed by atoms with E-state index in [0.29, 0.717) is 37.7 Å². The molecule has 7 nitrogen and oxygen atoms in total. The van der Waals surface area contributed by atoms with Crippen LogP contribution in [0.1, 0.15) is 32.1 Å². The molecule has 0 radical (unpaired) electrons. The molecule has 0 atom stereocenters.